The average Bonchev–Trinajstić information content (AvgIpc) is 2.42. The van der Waals surface area contributed by atoms with E-state index in [1.807, 2.05) is 0 Å². The van der Waals surface area contributed by atoms with Gasteiger partial charge in [0.05, 0.1) is 0 Å². The number of aryl methyl sites for hydroxylation is 2. The van der Waals surface area contributed by atoms with Crippen LogP contribution in [0.5, 0.6) is 0 Å². The summed E-state index contributed by atoms with van der Waals surface area (Å²) in [5.41, 5.74) is 9.46. The highest BCUT2D eigenvalue weighted by molar-refractivity contribution is 5.62. The van der Waals surface area contributed by atoms with Crippen LogP contribution in [0.1, 0.15) is 60.1 Å². The molecular weight excluding hydrogens is 240 g/mol. The Morgan fingerprint density at radius 2 is 1.05 bits per heavy atom. The first kappa shape index (κ1) is 12.2. The molecule has 0 aliphatic heterocycles. The normalized spacial score (nSPS) is 30.0. The van der Waals surface area contributed by atoms with E-state index in [0.29, 0.717) is 0 Å². The van der Waals surface area contributed by atoms with Gasteiger partial charge in [0.1, 0.15) is 0 Å². The lowest BCUT2D eigenvalue weighted by molar-refractivity contribution is 0.326. The molecule has 0 unspecified atom stereocenters. The Morgan fingerprint density at radius 1 is 0.650 bits per heavy atom. The third-order valence-electron chi connectivity index (χ3n) is 5.85. The lowest BCUT2D eigenvalue weighted by atomic mass is 9.50. The van der Waals surface area contributed by atoms with E-state index >= 15 is 0 Å². The number of rotatable bonds is 0. The van der Waals surface area contributed by atoms with Crippen molar-refractivity contribution in [1.82, 2.24) is 0 Å². The van der Waals surface area contributed by atoms with E-state index in [-0.39, 0.29) is 10.8 Å². The van der Waals surface area contributed by atoms with E-state index in [2.05, 4.69) is 64.1 Å². The third-order valence-corrected chi connectivity index (χ3v) is 5.85. The standard InChI is InChI=1S/C20H22/c1-13-5-7-15-17(11-13)20(4)10-9-19(15,3)16-8-6-14(2)12-18(16)20/h5-8,11-12H,9-10H2,1-4H3. The first-order valence-electron chi connectivity index (χ1n) is 7.68. The molecule has 102 valence electrons. The van der Waals surface area contributed by atoms with Gasteiger partial charge in [-0.15, -0.1) is 0 Å². The Hall–Kier alpha value is -1.56. The van der Waals surface area contributed by atoms with Crippen molar-refractivity contribution in [3.8, 4) is 0 Å². The van der Waals surface area contributed by atoms with Crippen molar-refractivity contribution in [2.24, 2.45) is 0 Å². The average molecular weight is 262 g/mol. The summed E-state index contributed by atoms with van der Waals surface area (Å²) in [5, 5.41) is 0. The van der Waals surface area contributed by atoms with Crippen molar-refractivity contribution in [3.05, 3.63) is 69.8 Å². The zero-order chi connectivity index (χ0) is 14.1. The molecule has 0 fully saturated rings. The monoisotopic (exact) mass is 262 g/mol. The SMILES string of the molecule is Cc1ccc2c(c1)C1(C)CCC2(C)c2ccc(C)cc21. The topological polar surface area (TPSA) is 0 Å². The van der Waals surface area contributed by atoms with Crippen LogP contribution in [-0.4, -0.2) is 0 Å². The summed E-state index contributed by atoms with van der Waals surface area (Å²) in [5.74, 6) is 0. The lowest BCUT2D eigenvalue weighted by Gasteiger charge is -2.53. The quantitative estimate of drug-likeness (QED) is 0.625. The number of fused-ring (bicyclic) bond motifs is 1. The van der Waals surface area contributed by atoms with E-state index in [1.165, 1.54) is 24.0 Å². The van der Waals surface area contributed by atoms with Crippen LogP contribution >= 0.6 is 0 Å². The van der Waals surface area contributed by atoms with Crippen molar-refractivity contribution < 1.29 is 0 Å². The first-order chi connectivity index (χ1) is 9.45. The lowest BCUT2D eigenvalue weighted by Crippen LogP contribution is -2.46. The molecule has 3 aliphatic carbocycles. The molecule has 0 saturated carbocycles. The summed E-state index contributed by atoms with van der Waals surface area (Å²) in [6, 6.07) is 14.2. The van der Waals surface area contributed by atoms with Crippen LogP contribution < -0.4 is 0 Å². The molecule has 20 heavy (non-hydrogen) atoms. The van der Waals surface area contributed by atoms with Crippen molar-refractivity contribution in [2.45, 2.75) is 51.4 Å². The smallest absolute Gasteiger partial charge is 0.0181 e. The van der Waals surface area contributed by atoms with Gasteiger partial charge in [-0.3, -0.25) is 0 Å². The minimum Gasteiger partial charge on any atom is -0.0590 e. The molecule has 0 heterocycles. The van der Waals surface area contributed by atoms with E-state index in [1.54, 1.807) is 22.3 Å². The van der Waals surface area contributed by atoms with Crippen LogP contribution in [0.15, 0.2) is 36.4 Å². The maximum atomic E-state index is 2.45. The third kappa shape index (κ3) is 1.28. The molecule has 0 radical (unpaired) electrons. The summed E-state index contributed by atoms with van der Waals surface area (Å²) in [4.78, 5) is 0. The van der Waals surface area contributed by atoms with Crippen LogP contribution in [0.25, 0.3) is 0 Å². The predicted molar refractivity (Wildman–Crippen MR) is 84.5 cm³/mol. The van der Waals surface area contributed by atoms with E-state index in [4.69, 9.17) is 0 Å². The molecule has 2 aromatic rings. The fourth-order valence-corrected chi connectivity index (χ4v) is 4.52. The van der Waals surface area contributed by atoms with Crippen molar-refractivity contribution in [1.29, 1.82) is 0 Å². The van der Waals surface area contributed by atoms with Gasteiger partial charge in [0.15, 0.2) is 0 Å². The van der Waals surface area contributed by atoms with Gasteiger partial charge < -0.3 is 0 Å². The summed E-state index contributed by atoms with van der Waals surface area (Å²) < 4.78 is 0. The molecular formula is C20H22. The van der Waals surface area contributed by atoms with Crippen LogP contribution in [0.2, 0.25) is 0 Å². The van der Waals surface area contributed by atoms with Gasteiger partial charge in [0, 0.05) is 10.8 Å². The molecule has 0 N–H and O–H groups in total. The van der Waals surface area contributed by atoms with Crippen molar-refractivity contribution in [2.75, 3.05) is 0 Å². The highest BCUT2D eigenvalue weighted by Crippen LogP contribution is 2.59. The summed E-state index contributed by atoms with van der Waals surface area (Å²) in [7, 11) is 0. The Kier molecular flexibility index (Phi) is 2.17. The molecule has 0 nitrogen and oxygen atoms in total. The van der Waals surface area contributed by atoms with Crippen LogP contribution in [0.4, 0.5) is 0 Å². The molecule has 3 aliphatic rings. The molecule has 2 aromatic carbocycles. The molecule has 2 bridgehead atoms. The highest BCUT2D eigenvalue weighted by Gasteiger charge is 2.51. The second-order valence-electron chi connectivity index (χ2n) is 7.26. The van der Waals surface area contributed by atoms with Gasteiger partial charge in [-0.05, 0) is 48.9 Å². The Balaban J connectivity index is 2.12. The van der Waals surface area contributed by atoms with Gasteiger partial charge in [-0.1, -0.05) is 61.4 Å². The van der Waals surface area contributed by atoms with Gasteiger partial charge >= 0.3 is 0 Å². The molecule has 0 atom stereocenters. The van der Waals surface area contributed by atoms with Gasteiger partial charge in [-0.2, -0.15) is 0 Å². The fourth-order valence-electron chi connectivity index (χ4n) is 4.52. The second-order valence-corrected chi connectivity index (χ2v) is 7.26. The molecule has 0 spiro atoms. The highest BCUT2D eigenvalue weighted by atomic mass is 14.5. The van der Waals surface area contributed by atoms with E-state index < -0.39 is 0 Å². The first-order valence-corrected chi connectivity index (χ1v) is 7.68. The van der Waals surface area contributed by atoms with Gasteiger partial charge in [-0.25, -0.2) is 0 Å². The van der Waals surface area contributed by atoms with Crippen molar-refractivity contribution >= 4 is 0 Å². The second kappa shape index (κ2) is 3.55. The molecule has 0 aromatic heterocycles. The predicted octanol–water partition coefficient (Wildman–Crippen LogP) is 5.02. The molecule has 5 rings (SSSR count). The summed E-state index contributed by atoms with van der Waals surface area (Å²) in [6.45, 7) is 9.31. The van der Waals surface area contributed by atoms with Crippen molar-refractivity contribution in [3.63, 3.8) is 0 Å². The fraction of sp³-hybridized carbons (Fsp3) is 0.400. The minimum atomic E-state index is 0.209. The zero-order valence-electron chi connectivity index (χ0n) is 12.9. The van der Waals surface area contributed by atoms with Gasteiger partial charge in [0.2, 0.25) is 0 Å². The van der Waals surface area contributed by atoms with E-state index in [9.17, 15) is 0 Å². The number of hydrogen-bond donors (Lipinski definition) is 0. The Bertz CT molecular complexity index is 667. The van der Waals surface area contributed by atoms with Crippen LogP contribution in [0, 0.1) is 13.8 Å². The zero-order valence-corrected chi connectivity index (χ0v) is 12.9. The molecule has 0 amide bonds. The van der Waals surface area contributed by atoms with Crippen LogP contribution in [0.3, 0.4) is 0 Å². The van der Waals surface area contributed by atoms with Crippen LogP contribution in [-0.2, 0) is 10.8 Å². The maximum Gasteiger partial charge on any atom is 0.0181 e. The Morgan fingerprint density at radius 3 is 1.50 bits per heavy atom. The Labute approximate surface area is 121 Å². The minimum absolute atomic E-state index is 0.209. The van der Waals surface area contributed by atoms with E-state index in [0.717, 1.165) is 0 Å². The van der Waals surface area contributed by atoms with Gasteiger partial charge in [0.25, 0.3) is 0 Å². The number of hydrogen-bond acceptors (Lipinski definition) is 0. The summed E-state index contributed by atoms with van der Waals surface area (Å²) in [6.07, 6.45) is 2.55. The maximum absolute atomic E-state index is 2.45. The number of benzene rings is 2. The molecule has 0 saturated heterocycles. The molecule has 0 heteroatoms. The largest absolute Gasteiger partial charge is 0.0590 e. The summed E-state index contributed by atoms with van der Waals surface area (Å²) >= 11 is 0.